The van der Waals surface area contributed by atoms with Crippen molar-refractivity contribution in [2.45, 2.75) is 19.8 Å². The SMILES string of the molecule is CCC(=O)OCC(=O)CC(=O)OC. The van der Waals surface area contributed by atoms with Gasteiger partial charge in [0.15, 0.2) is 12.4 Å². The fourth-order valence-corrected chi connectivity index (χ4v) is 0.547. The molecule has 0 radical (unpaired) electrons. The lowest BCUT2D eigenvalue weighted by molar-refractivity contribution is -0.151. The third kappa shape index (κ3) is 5.84. The molecule has 0 aliphatic heterocycles. The number of hydrogen-bond donors (Lipinski definition) is 0. The first-order valence-electron chi connectivity index (χ1n) is 3.84. The molecule has 0 amide bonds. The van der Waals surface area contributed by atoms with Crippen molar-refractivity contribution in [2.75, 3.05) is 13.7 Å². The highest BCUT2D eigenvalue weighted by Crippen LogP contribution is 1.90. The molecular formula is C8H12O5. The summed E-state index contributed by atoms with van der Waals surface area (Å²) in [6.07, 6.45) is -0.140. The Kier molecular flexibility index (Phi) is 5.50. The van der Waals surface area contributed by atoms with Crippen LogP contribution >= 0.6 is 0 Å². The molecule has 0 bridgehead atoms. The second kappa shape index (κ2) is 6.16. The van der Waals surface area contributed by atoms with Crippen LogP contribution in [0.4, 0.5) is 0 Å². The molecule has 0 fully saturated rings. The maximum atomic E-state index is 10.9. The molecule has 0 atom stereocenters. The average molecular weight is 188 g/mol. The first-order valence-corrected chi connectivity index (χ1v) is 3.84. The molecule has 0 saturated carbocycles. The lowest BCUT2D eigenvalue weighted by Crippen LogP contribution is -2.17. The van der Waals surface area contributed by atoms with Crippen molar-refractivity contribution in [3.63, 3.8) is 0 Å². The zero-order valence-corrected chi connectivity index (χ0v) is 7.66. The Morgan fingerprint density at radius 3 is 2.23 bits per heavy atom. The van der Waals surface area contributed by atoms with Gasteiger partial charge in [-0.2, -0.15) is 0 Å². The molecule has 0 aliphatic carbocycles. The van der Waals surface area contributed by atoms with Crippen LogP contribution in [0.5, 0.6) is 0 Å². The number of ketones is 1. The number of esters is 2. The largest absolute Gasteiger partial charge is 0.469 e. The minimum absolute atomic E-state index is 0.214. The smallest absolute Gasteiger partial charge is 0.313 e. The minimum Gasteiger partial charge on any atom is -0.469 e. The van der Waals surface area contributed by atoms with Gasteiger partial charge in [0.05, 0.1) is 7.11 Å². The zero-order valence-electron chi connectivity index (χ0n) is 7.66. The van der Waals surface area contributed by atoms with E-state index in [1.54, 1.807) is 6.92 Å². The van der Waals surface area contributed by atoms with Gasteiger partial charge in [-0.1, -0.05) is 6.92 Å². The quantitative estimate of drug-likeness (QED) is 0.451. The average Bonchev–Trinajstić information content (AvgIpc) is 2.13. The third-order valence-electron chi connectivity index (χ3n) is 1.25. The maximum absolute atomic E-state index is 10.9. The van der Waals surface area contributed by atoms with Crippen molar-refractivity contribution in [1.82, 2.24) is 0 Å². The van der Waals surface area contributed by atoms with Crippen LogP contribution in [-0.4, -0.2) is 31.4 Å². The van der Waals surface area contributed by atoms with Crippen LogP contribution in [0.15, 0.2) is 0 Å². The van der Waals surface area contributed by atoms with E-state index in [4.69, 9.17) is 0 Å². The van der Waals surface area contributed by atoms with Gasteiger partial charge in [-0.3, -0.25) is 14.4 Å². The molecule has 0 heterocycles. The number of Topliss-reactive ketones (excluding diaryl/α,β-unsaturated/α-hetero) is 1. The monoisotopic (exact) mass is 188 g/mol. The van der Waals surface area contributed by atoms with Crippen LogP contribution in [0.2, 0.25) is 0 Å². The molecule has 0 spiro atoms. The van der Waals surface area contributed by atoms with Gasteiger partial charge in [-0.05, 0) is 0 Å². The maximum Gasteiger partial charge on any atom is 0.313 e. The van der Waals surface area contributed by atoms with E-state index in [1.165, 1.54) is 7.11 Å². The number of ether oxygens (including phenoxy) is 2. The van der Waals surface area contributed by atoms with E-state index in [0.29, 0.717) is 0 Å². The number of carbonyl (C=O) groups excluding carboxylic acids is 3. The molecule has 0 rings (SSSR count). The highest BCUT2D eigenvalue weighted by Gasteiger charge is 2.11. The van der Waals surface area contributed by atoms with Gasteiger partial charge in [-0.15, -0.1) is 0 Å². The fraction of sp³-hybridized carbons (Fsp3) is 0.625. The molecule has 0 saturated heterocycles. The van der Waals surface area contributed by atoms with Crippen LogP contribution in [0.1, 0.15) is 19.8 Å². The molecule has 0 aromatic rings. The molecule has 74 valence electrons. The Labute approximate surface area is 76.0 Å². The van der Waals surface area contributed by atoms with Crippen molar-refractivity contribution in [1.29, 1.82) is 0 Å². The molecular weight excluding hydrogens is 176 g/mol. The summed E-state index contributed by atoms with van der Waals surface area (Å²) in [6.45, 7) is 1.26. The summed E-state index contributed by atoms with van der Waals surface area (Å²) < 4.78 is 8.76. The second-order valence-corrected chi connectivity index (χ2v) is 2.31. The Hall–Kier alpha value is -1.39. The molecule has 0 unspecified atom stereocenters. The Balaban J connectivity index is 3.63. The summed E-state index contributed by atoms with van der Waals surface area (Å²) in [7, 11) is 1.19. The third-order valence-corrected chi connectivity index (χ3v) is 1.25. The van der Waals surface area contributed by atoms with Crippen molar-refractivity contribution in [3.05, 3.63) is 0 Å². The Bertz CT molecular complexity index is 209. The molecule has 5 heteroatoms. The van der Waals surface area contributed by atoms with Gasteiger partial charge in [0.1, 0.15) is 6.42 Å². The Morgan fingerprint density at radius 2 is 1.77 bits per heavy atom. The minimum atomic E-state index is -0.627. The summed E-state index contributed by atoms with van der Waals surface area (Å²) in [5.41, 5.74) is 0. The van der Waals surface area contributed by atoms with Crippen molar-refractivity contribution in [2.24, 2.45) is 0 Å². The number of carbonyl (C=O) groups is 3. The van der Waals surface area contributed by atoms with Crippen LogP contribution in [0, 0.1) is 0 Å². The molecule has 0 aromatic carbocycles. The summed E-state index contributed by atoms with van der Waals surface area (Å²) >= 11 is 0. The lowest BCUT2D eigenvalue weighted by Gasteiger charge is -2.01. The lowest BCUT2D eigenvalue weighted by atomic mass is 10.3. The number of methoxy groups -OCH3 is 1. The highest BCUT2D eigenvalue weighted by atomic mass is 16.5. The van der Waals surface area contributed by atoms with E-state index in [9.17, 15) is 14.4 Å². The van der Waals surface area contributed by atoms with Crippen molar-refractivity contribution >= 4 is 17.7 Å². The summed E-state index contributed by atoms with van der Waals surface area (Å²) in [5, 5.41) is 0. The van der Waals surface area contributed by atoms with E-state index in [-0.39, 0.29) is 19.4 Å². The van der Waals surface area contributed by atoms with E-state index < -0.39 is 17.7 Å². The van der Waals surface area contributed by atoms with Gasteiger partial charge < -0.3 is 9.47 Å². The fourth-order valence-electron chi connectivity index (χ4n) is 0.547. The first-order chi connectivity index (χ1) is 6.10. The summed E-state index contributed by atoms with van der Waals surface area (Å²) in [5.74, 6) is -1.55. The Morgan fingerprint density at radius 1 is 1.15 bits per heavy atom. The standard InChI is InChI=1S/C8H12O5/c1-3-7(10)13-5-6(9)4-8(11)12-2/h3-5H2,1-2H3. The zero-order chi connectivity index (χ0) is 10.3. The van der Waals surface area contributed by atoms with Crippen molar-refractivity contribution in [3.8, 4) is 0 Å². The van der Waals surface area contributed by atoms with Crippen LogP contribution < -0.4 is 0 Å². The first kappa shape index (κ1) is 11.6. The van der Waals surface area contributed by atoms with Crippen molar-refractivity contribution < 1.29 is 23.9 Å². The molecule has 0 aliphatic rings. The van der Waals surface area contributed by atoms with Crippen LogP contribution in [-0.2, 0) is 23.9 Å². The summed E-state index contributed by atoms with van der Waals surface area (Å²) in [4.78, 5) is 32.0. The summed E-state index contributed by atoms with van der Waals surface area (Å²) in [6, 6.07) is 0. The van der Waals surface area contributed by atoms with E-state index in [0.717, 1.165) is 0 Å². The predicted octanol–water partition coefficient (Wildman–Crippen LogP) is 0.0718. The molecule has 5 nitrogen and oxygen atoms in total. The predicted molar refractivity (Wildman–Crippen MR) is 42.9 cm³/mol. The van der Waals surface area contributed by atoms with Gasteiger partial charge >= 0.3 is 11.9 Å². The highest BCUT2D eigenvalue weighted by molar-refractivity contribution is 5.96. The second-order valence-electron chi connectivity index (χ2n) is 2.31. The van der Waals surface area contributed by atoms with Crippen LogP contribution in [0.25, 0.3) is 0 Å². The molecule has 0 N–H and O–H groups in total. The number of hydrogen-bond acceptors (Lipinski definition) is 5. The topological polar surface area (TPSA) is 69.7 Å². The van der Waals surface area contributed by atoms with Gasteiger partial charge in [0.2, 0.25) is 0 Å². The van der Waals surface area contributed by atoms with Gasteiger partial charge in [-0.25, -0.2) is 0 Å². The van der Waals surface area contributed by atoms with Gasteiger partial charge in [0.25, 0.3) is 0 Å². The van der Waals surface area contributed by atoms with E-state index in [1.807, 2.05) is 0 Å². The molecule has 0 aromatic heterocycles. The normalized spacial score (nSPS) is 9.08. The van der Waals surface area contributed by atoms with E-state index >= 15 is 0 Å². The van der Waals surface area contributed by atoms with E-state index in [2.05, 4.69) is 9.47 Å². The molecule has 13 heavy (non-hydrogen) atoms. The number of rotatable bonds is 5. The van der Waals surface area contributed by atoms with Gasteiger partial charge in [0, 0.05) is 6.42 Å². The van der Waals surface area contributed by atoms with Crippen LogP contribution in [0.3, 0.4) is 0 Å².